The third kappa shape index (κ3) is 3.19. The number of nitrogens with one attached hydrogen (secondary N) is 1. The summed E-state index contributed by atoms with van der Waals surface area (Å²) in [6.07, 6.45) is 0.318. The quantitative estimate of drug-likeness (QED) is 0.688. The van der Waals surface area contributed by atoms with Gasteiger partial charge in [-0.25, -0.2) is 9.78 Å². The van der Waals surface area contributed by atoms with E-state index in [2.05, 4.69) is 16.0 Å². The van der Waals surface area contributed by atoms with Crippen LogP contribution < -0.4 is 0 Å². The van der Waals surface area contributed by atoms with Gasteiger partial charge in [0.1, 0.15) is 5.82 Å². The second kappa shape index (κ2) is 6.75. The van der Waals surface area contributed by atoms with Crippen molar-refractivity contribution in [3.05, 3.63) is 62.4 Å². The Hall–Kier alpha value is -2.55. The molecule has 1 heterocycles. The number of aryl methyl sites for hydroxylation is 1. The van der Waals surface area contributed by atoms with Crippen LogP contribution in [0.2, 0.25) is 10.0 Å². The predicted molar refractivity (Wildman–Crippen MR) is 96.2 cm³/mol. The van der Waals surface area contributed by atoms with Gasteiger partial charge in [0.2, 0.25) is 0 Å². The number of carbonyl (C=O) groups excluding carboxylic acids is 1. The lowest BCUT2D eigenvalue weighted by molar-refractivity contribution is 0.0601. The summed E-state index contributed by atoms with van der Waals surface area (Å²) in [5.74, 6) is 0.112. The first-order valence-corrected chi connectivity index (χ1v) is 8.14. The smallest absolute Gasteiger partial charge is 0.339 e. The van der Waals surface area contributed by atoms with Crippen molar-refractivity contribution >= 4 is 40.2 Å². The molecule has 0 radical (unpaired) electrons. The minimum Gasteiger partial charge on any atom is -0.465 e. The van der Waals surface area contributed by atoms with Crippen molar-refractivity contribution in [2.24, 2.45) is 0 Å². The molecule has 0 fully saturated rings. The van der Waals surface area contributed by atoms with Crippen LogP contribution in [0.15, 0.2) is 24.3 Å². The predicted octanol–water partition coefficient (Wildman–Crippen LogP) is 4.43. The Morgan fingerprint density at radius 1 is 1.36 bits per heavy atom. The molecule has 3 aromatic rings. The van der Waals surface area contributed by atoms with Gasteiger partial charge in [0.05, 0.1) is 40.4 Å². The summed E-state index contributed by atoms with van der Waals surface area (Å²) in [4.78, 5) is 19.5. The second-order valence-corrected chi connectivity index (χ2v) is 6.33. The molecule has 0 aliphatic heterocycles. The van der Waals surface area contributed by atoms with Crippen molar-refractivity contribution in [2.45, 2.75) is 13.3 Å². The van der Waals surface area contributed by atoms with E-state index in [9.17, 15) is 4.79 Å². The SMILES string of the molecule is COC(=O)c1ccc(Cl)c(Cc2nc3c(C)cc(C#N)cc3[nH]2)c1Cl. The van der Waals surface area contributed by atoms with Gasteiger partial charge in [-0.3, -0.25) is 0 Å². The molecule has 0 atom stereocenters. The Balaban J connectivity index is 2.06. The molecule has 0 saturated heterocycles. The van der Waals surface area contributed by atoms with Crippen LogP contribution in [0.4, 0.5) is 0 Å². The molecular weight excluding hydrogens is 361 g/mol. The third-order valence-corrected chi connectivity index (χ3v) is 4.68. The number of H-pyrrole nitrogens is 1. The monoisotopic (exact) mass is 373 g/mol. The van der Waals surface area contributed by atoms with Gasteiger partial charge in [0.25, 0.3) is 0 Å². The maximum atomic E-state index is 11.8. The molecule has 3 rings (SSSR count). The van der Waals surface area contributed by atoms with Crippen molar-refractivity contribution in [1.82, 2.24) is 9.97 Å². The molecule has 25 heavy (non-hydrogen) atoms. The fraction of sp³-hybridized carbons (Fsp3) is 0.167. The van der Waals surface area contributed by atoms with Gasteiger partial charge in [0, 0.05) is 11.4 Å². The summed E-state index contributed by atoms with van der Waals surface area (Å²) in [6, 6.07) is 8.79. The van der Waals surface area contributed by atoms with E-state index in [1.165, 1.54) is 13.2 Å². The van der Waals surface area contributed by atoms with E-state index in [4.69, 9.17) is 33.2 Å². The van der Waals surface area contributed by atoms with Crippen LogP contribution >= 0.6 is 23.2 Å². The van der Waals surface area contributed by atoms with Gasteiger partial charge in [-0.15, -0.1) is 0 Å². The number of ether oxygens (including phenoxy) is 1. The number of benzene rings is 2. The molecule has 0 amide bonds. The standard InChI is InChI=1S/C18H13Cl2N3O2/c1-9-5-10(8-21)6-14-17(9)23-15(22-14)7-12-13(19)4-3-11(16(12)20)18(24)25-2/h3-6H,7H2,1-2H3,(H,22,23). The lowest BCUT2D eigenvalue weighted by atomic mass is 10.1. The molecule has 126 valence electrons. The summed E-state index contributed by atoms with van der Waals surface area (Å²) in [6.45, 7) is 1.89. The first kappa shape index (κ1) is 17.3. The normalized spacial score (nSPS) is 10.7. The first-order chi connectivity index (χ1) is 11.9. The Labute approximate surface area is 154 Å². The van der Waals surface area contributed by atoms with Gasteiger partial charge < -0.3 is 9.72 Å². The average molecular weight is 374 g/mol. The Kier molecular flexibility index (Phi) is 4.67. The number of halogens is 2. The molecule has 1 aromatic heterocycles. The summed E-state index contributed by atoms with van der Waals surface area (Å²) in [5, 5.41) is 9.76. The number of hydrogen-bond acceptors (Lipinski definition) is 4. The lowest BCUT2D eigenvalue weighted by Crippen LogP contribution is -2.05. The highest BCUT2D eigenvalue weighted by molar-refractivity contribution is 6.38. The second-order valence-electron chi connectivity index (χ2n) is 5.54. The van der Waals surface area contributed by atoms with Crippen LogP contribution in [-0.2, 0) is 11.2 Å². The number of rotatable bonds is 3. The molecule has 0 aliphatic rings. The Bertz CT molecular complexity index is 1030. The number of methoxy groups -OCH3 is 1. The molecule has 0 bridgehead atoms. The lowest BCUT2D eigenvalue weighted by Gasteiger charge is -2.09. The number of nitrogens with zero attached hydrogens (tertiary/aromatic N) is 2. The molecule has 0 unspecified atom stereocenters. The Morgan fingerprint density at radius 3 is 2.80 bits per heavy atom. The van der Waals surface area contributed by atoms with E-state index >= 15 is 0 Å². The van der Waals surface area contributed by atoms with Crippen molar-refractivity contribution in [3.8, 4) is 6.07 Å². The van der Waals surface area contributed by atoms with Gasteiger partial charge in [-0.2, -0.15) is 5.26 Å². The minimum absolute atomic E-state index is 0.245. The Morgan fingerprint density at radius 2 is 2.12 bits per heavy atom. The molecule has 0 aliphatic carbocycles. The number of fused-ring (bicyclic) bond motifs is 1. The summed E-state index contributed by atoms with van der Waals surface area (Å²) >= 11 is 12.6. The summed E-state index contributed by atoms with van der Waals surface area (Å²) in [5.41, 5.74) is 3.85. The highest BCUT2D eigenvalue weighted by Gasteiger charge is 2.18. The number of aromatic amines is 1. The molecular formula is C18H13Cl2N3O2. The minimum atomic E-state index is -0.526. The fourth-order valence-electron chi connectivity index (χ4n) is 2.68. The van der Waals surface area contributed by atoms with Crippen LogP contribution in [0.1, 0.15) is 32.9 Å². The third-order valence-electron chi connectivity index (χ3n) is 3.89. The molecule has 0 spiro atoms. The first-order valence-electron chi connectivity index (χ1n) is 7.39. The van der Waals surface area contributed by atoms with Crippen molar-refractivity contribution in [1.29, 1.82) is 5.26 Å². The maximum Gasteiger partial charge on any atom is 0.339 e. The summed E-state index contributed by atoms with van der Waals surface area (Å²) in [7, 11) is 1.29. The van der Waals surface area contributed by atoms with Crippen molar-refractivity contribution in [2.75, 3.05) is 7.11 Å². The maximum absolute atomic E-state index is 11.8. The van der Waals surface area contributed by atoms with Gasteiger partial charge in [-0.05, 0) is 42.3 Å². The molecule has 7 heteroatoms. The summed E-state index contributed by atoms with van der Waals surface area (Å²) < 4.78 is 4.73. The van der Waals surface area contributed by atoms with Crippen LogP contribution in [0.3, 0.4) is 0 Å². The highest BCUT2D eigenvalue weighted by Crippen LogP contribution is 2.31. The van der Waals surface area contributed by atoms with E-state index < -0.39 is 5.97 Å². The number of nitriles is 1. The number of imidazole rings is 1. The van der Waals surface area contributed by atoms with Crippen LogP contribution in [0.25, 0.3) is 11.0 Å². The highest BCUT2D eigenvalue weighted by atomic mass is 35.5. The number of esters is 1. The number of aromatic nitrogens is 2. The van der Waals surface area contributed by atoms with E-state index in [0.717, 1.165) is 16.6 Å². The number of hydrogen-bond donors (Lipinski definition) is 1. The van der Waals surface area contributed by atoms with Crippen molar-refractivity contribution in [3.63, 3.8) is 0 Å². The van der Waals surface area contributed by atoms with Crippen LogP contribution in [-0.4, -0.2) is 23.0 Å². The number of carbonyl (C=O) groups is 1. The molecule has 1 N–H and O–H groups in total. The van der Waals surface area contributed by atoms with E-state index in [1.807, 2.05) is 6.92 Å². The zero-order chi connectivity index (χ0) is 18.1. The van der Waals surface area contributed by atoms with Gasteiger partial charge in [-0.1, -0.05) is 23.2 Å². The largest absolute Gasteiger partial charge is 0.465 e. The van der Waals surface area contributed by atoms with E-state index in [-0.39, 0.29) is 10.6 Å². The van der Waals surface area contributed by atoms with E-state index in [1.54, 1.807) is 18.2 Å². The zero-order valence-corrected chi connectivity index (χ0v) is 15.0. The van der Waals surface area contributed by atoms with Gasteiger partial charge in [0.15, 0.2) is 0 Å². The van der Waals surface area contributed by atoms with Crippen LogP contribution in [0, 0.1) is 18.3 Å². The van der Waals surface area contributed by atoms with Gasteiger partial charge >= 0.3 is 5.97 Å². The topological polar surface area (TPSA) is 78.8 Å². The molecule has 2 aromatic carbocycles. The van der Waals surface area contributed by atoms with Crippen LogP contribution in [0.5, 0.6) is 0 Å². The fourth-order valence-corrected chi connectivity index (χ4v) is 3.27. The average Bonchev–Trinajstić information content (AvgIpc) is 3.01. The zero-order valence-electron chi connectivity index (χ0n) is 13.5. The molecule has 0 saturated carbocycles. The molecule has 5 nitrogen and oxygen atoms in total. The van der Waals surface area contributed by atoms with E-state index in [0.29, 0.717) is 28.4 Å². The van der Waals surface area contributed by atoms with Crippen molar-refractivity contribution < 1.29 is 9.53 Å².